The van der Waals surface area contributed by atoms with E-state index in [4.69, 9.17) is 14.2 Å². The van der Waals surface area contributed by atoms with Crippen LogP contribution in [0.5, 0.6) is 23.0 Å². The molecule has 0 saturated carbocycles. The van der Waals surface area contributed by atoms with Crippen LogP contribution in [0, 0.1) is 5.82 Å². The number of hydrogen-bond donors (Lipinski definition) is 0. The number of halogens is 1. The summed E-state index contributed by atoms with van der Waals surface area (Å²) in [6.07, 6.45) is 5.28. The van der Waals surface area contributed by atoms with Gasteiger partial charge < -0.3 is 14.2 Å². The van der Waals surface area contributed by atoms with E-state index in [0.29, 0.717) is 34.7 Å². The molecule has 5 aromatic rings. The Morgan fingerprint density at radius 3 is 2.26 bits per heavy atom. The summed E-state index contributed by atoms with van der Waals surface area (Å²) in [5.74, 6) is 1.25. The Morgan fingerprint density at radius 1 is 0.794 bits per heavy atom. The number of hydrogen-bond acceptors (Lipinski definition) is 5. The highest BCUT2D eigenvalue weighted by Gasteiger charge is 2.13. The number of fused-ring (bicyclic) bond motifs is 1. The number of rotatable bonds is 7. The van der Waals surface area contributed by atoms with E-state index in [1.54, 1.807) is 50.9 Å². The highest BCUT2D eigenvalue weighted by atomic mass is 19.1. The number of pyridine rings is 1. The minimum atomic E-state index is -0.455. The normalized spacial score (nSPS) is 10.9. The van der Waals surface area contributed by atoms with Crippen LogP contribution < -0.4 is 14.2 Å². The maximum atomic E-state index is 15.0. The summed E-state index contributed by atoms with van der Waals surface area (Å²) in [4.78, 5) is 4.36. The molecule has 34 heavy (non-hydrogen) atoms. The first-order valence-corrected chi connectivity index (χ1v) is 10.7. The Hall–Kier alpha value is -4.39. The van der Waals surface area contributed by atoms with Crippen molar-refractivity contribution < 1.29 is 18.6 Å². The van der Waals surface area contributed by atoms with E-state index < -0.39 is 5.82 Å². The van der Waals surface area contributed by atoms with E-state index in [-0.39, 0.29) is 5.75 Å². The first kappa shape index (κ1) is 21.5. The van der Waals surface area contributed by atoms with Gasteiger partial charge in [0.25, 0.3) is 0 Å². The van der Waals surface area contributed by atoms with Gasteiger partial charge in [-0.25, -0.2) is 4.39 Å². The van der Waals surface area contributed by atoms with Crippen molar-refractivity contribution in [3.05, 3.63) is 96.7 Å². The van der Waals surface area contributed by atoms with E-state index >= 15 is 4.39 Å². The SMILES string of the molecule is COc1cc2nccc(Oc3ccc(-c4ccc(Cn5cccn5)cc4)cc3F)c2cc1OC. The van der Waals surface area contributed by atoms with Crippen molar-refractivity contribution in [2.75, 3.05) is 14.2 Å². The standard InChI is InChI=1S/C27H22FN3O3/c1-32-26-15-21-23(16-27(26)33-2)29-12-10-24(21)34-25-9-8-20(14-22(25)28)19-6-4-18(5-7-19)17-31-13-3-11-30-31/h3-16H,17H2,1-2H3. The molecule has 0 atom stereocenters. The van der Waals surface area contributed by atoms with Crippen LogP contribution in [0.4, 0.5) is 4.39 Å². The van der Waals surface area contributed by atoms with Gasteiger partial charge in [0.15, 0.2) is 23.1 Å². The molecule has 2 heterocycles. The lowest BCUT2D eigenvalue weighted by Gasteiger charge is -2.13. The van der Waals surface area contributed by atoms with Gasteiger partial charge in [-0.3, -0.25) is 9.67 Å². The molecular weight excluding hydrogens is 433 g/mol. The molecule has 6 nitrogen and oxygen atoms in total. The molecule has 0 aliphatic rings. The van der Waals surface area contributed by atoms with Gasteiger partial charge in [-0.15, -0.1) is 0 Å². The maximum Gasteiger partial charge on any atom is 0.166 e. The molecule has 3 aromatic carbocycles. The third kappa shape index (κ3) is 4.28. The molecule has 0 aliphatic heterocycles. The Balaban J connectivity index is 1.40. The second-order valence-electron chi connectivity index (χ2n) is 7.68. The number of methoxy groups -OCH3 is 2. The molecule has 0 fully saturated rings. The molecule has 170 valence electrons. The van der Waals surface area contributed by atoms with Crippen LogP contribution in [0.3, 0.4) is 0 Å². The highest BCUT2D eigenvalue weighted by Crippen LogP contribution is 2.37. The average molecular weight is 455 g/mol. The van der Waals surface area contributed by atoms with Crippen LogP contribution in [0.15, 0.2) is 85.3 Å². The predicted octanol–water partition coefficient (Wildman–Crippen LogP) is 6.10. The number of aromatic nitrogens is 3. The molecule has 0 radical (unpaired) electrons. The molecule has 0 saturated heterocycles. The van der Waals surface area contributed by atoms with Crippen molar-refractivity contribution in [3.63, 3.8) is 0 Å². The second-order valence-corrected chi connectivity index (χ2v) is 7.68. The van der Waals surface area contributed by atoms with Gasteiger partial charge in [0.05, 0.1) is 26.3 Å². The minimum absolute atomic E-state index is 0.126. The van der Waals surface area contributed by atoms with Crippen molar-refractivity contribution in [1.29, 1.82) is 0 Å². The van der Waals surface area contributed by atoms with Gasteiger partial charge in [-0.1, -0.05) is 30.3 Å². The molecule has 0 N–H and O–H groups in total. The topological polar surface area (TPSA) is 58.4 Å². The summed E-state index contributed by atoms with van der Waals surface area (Å²) in [5, 5.41) is 4.91. The summed E-state index contributed by atoms with van der Waals surface area (Å²) in [7, 11) is 3.12. The van der Waals surface area contributed by atoms with Gasteiger partial charge in [0.2, 0.25) is 0 Å². The first-order valence-electron chi connectivity index (χ1n) is 10.7. The van der Waals surface area contributed by atoms with E-state index in [9.17, 15) is 0 Å². The Kier molecular flexibility index (Phi) is 5.82. The summed E-state index contributed by atoms with van der Waals surface area (Å²) < 4.78 is 33.5. The third-order valence-electron chi connectivity index (χ3n) is 5.55. The third-order valence-corrected chi connectivity index (χ3v) is 5.55. The first-order chi connectivity index (χ1) is 16.6. The minimum Gasteiger partial charge on any atom is -0.493 e. The van der Waals surface area contributed by atoms with E-state index in [1.807, 2.05) is 47.3 Å². The number of nitrogens with zero attached hydrogens (tertiary/aromatic N) is 3. The van der Waals surface area contributed by atoms with Crippen LogP contribution in [0.1, 0.15) is 5.56 Å². The van der Waals surface area contributed by atoms with Crippen LogP contribution in [0.25, 0.3) is 22.0 Å². The quantitative estimate of drug-likeness (QED) is 0.297. The summed E-state index contributed by atoms with van der Waals surface area (Å²) in [6.45, 7) is 0.685. The zero-order chi connectivity index (χ0) is 23.5. The molecule has 0 aliphatic carbocycles. The van der Waals surface area contributed by atoms with Gasteiger partial charge in [-0.05, 0) is 47.0 Å². The predicted molar refractivity (Wildman–Crippen MR) is 128 cm³/mol. The molecule has 7 heteroatoms. The Bertz CT molecular complexity index is 1430. The lowest BCUT2D eigenvalue weighted by atomic mass is 10.0. The fourth-order valence-electron chi connectivity index (χ4n) is 3.80. The molecule has 0 bridgehead atoms. The molecule has 5 rings (SSSR count). The maximum absolute atomic E-state index is 15.0. The zero-order valence-corrected chi connectivity index (χ0v) is 18.7. The van der Waals surface area contributed by atoms with Crippen LogP contribution >= 0.6 is 0 Å². The van der Waals surface area contributed by atoms with Crippen molar-refractivity contribution in [2.45, 2.75) is 6.54 Å². The highest BCUT2D eigenvalue weighted by molar-refractivity contribution is 5.88. The lowest BCUT2D eigenvalue weighted by Crippen LogP contribution is -1.99. The van der Waals surface area contributed by atoms with E-state index in [2.05, 4.69) is 10.1 Å². The molecular formula is C27H22FN3O3. The molecule has 2 aromatic heterocycles. The Morgan fingerprint density at radius 2 is 1.56 bits per heavy atom. The monoisotopic (exact) mass is 455 g/mol. The van der Waals surface area contributed by atoms with Gasteiger partial charge in [0.1, 0.15) is 5.75 Å². The van der Waals surface area contributed by atoms with Crippen molar-refractivity contribution in [1.82, 2.24) is 14.8 Å². The summed E-state index contributed by atoms with van der Waals surface area (Å²) >= 11 is 0. The van der Waals surface area contributed by atoms with E-state index in [0.717, 1.165) is 16.7 Å². The van der Waals surface area contributed by atoms with Crippen LogP contribution in [0.2, 0.25) is 0 Å². The smallest absolute Gasteiger partial charge is 0.166 e. The molecule has 0 spiro atoms. The van der Waals surface area contributed by atoms with Gasteiger partial charge in [-0.2, -0.15) is 5.10 Å². The molecule has 0 unspecified atom stereocenters. The summed E-state index contributed by atoms with van der Waals surface area (Å²) in [5.41, 5.74) is 3.45. The van der Waals surface area contributed by atoms with Crippen LogP contribution in [-0.2, 0) is 6.54 Å². The van der Waals surface area contributed by atoms with Gasteiger partial charge >= 0.3 is 0 Å². The zero-order valence-electron chi connectivity index (χ0n) is 18.7. The van der Waals surface area contributed by atoms with E-state index in [1.165, 1.54) is 6.07 Å². The number of benzene rings is 3. The van der Waals surface area contributed by atoms with Gasteiger partial charge in [0, 0.05) is 30.0 Å². The second kappa shape index (κ2) is 9.23. The molecule has 0 amide bonds. The average Bonchev–Trinajstić information content (AvgIpc) is 3.38. The fourth-order valence-corrected chi connectivity index (χ4v) is 3.80. The van der Waals surface area contributed by atoms with Crippen LogP contribution in [-0.4, -0.2) is 29.0 Å². The van der Waals surface area contributed by atoms with Crippen molar-refractivity contribution >= 4 is 10.9 Å². The lowest BCUT2D eigenvalue weighted by molar-refractivity contribution is 0.355. The summed E-state index contributed by atoms with van der Waals surface area (Å²) in [6, 6.07) is 20.1. The Labute approximate surface area is 196 Å². The number of ether oxygens (including phenoxy) is 3. The fraction of sp³-hybridized carbons (Fsp3) is 0.111. The largest absolute Gasteiger partial charge is 0.493 e. The van der Waals surface area contributed by atoms with Crippen molar-refractivity contribution in [2.24, 2.45) is 0 Å². The van der Waals surface area contributed by atoms with Crippen molar-refractivity contribution in [3.8, 4) is 34.1 Å².